The van der Waals surface area contributed by atoms with E-state index in [4.69, 9.17) is 4.74 Å². The molecule has 158 valence electrons. The van der Waals surface area contributed by atoms with Gasteiger partial charge in [-0.15, -0.1) is 0 Å². The third-order valence-electron chi connectivity index (χ3n) is 5.36. The van der Waals surface area contributed by atoms with Gasteiger partial charge in [0, 0.05) is 31.0 Å². The van der Waals surface area contributed by atoms with E-state index in [1.54, 1.807) is 14.2 Å². The topological polar surface area (TPSA) is 76.1 Å². The van der Waals surface area contributed by atoms with Crippen LogP contribution in [-0.2, 0) is 4.79 Å². The van der Waals surface area contributed by atoms with Gasteiger partial charge in [0.2, 0.25) is 5.91 Å². The summed E-state index contributed by atoms with van der Waals surface area (Å²) < 4.78 is 5.62. The average molecular weight is 407 g/mol. The Labute approximate surface area is 178 Å². The number of hydrogen-bond acceptors (Lipinski definition) is 5. The lowest BCUT2D eigenvalue weighted by atomic mass is 9.94. The van der Waals surface area contributed by atoms with Crippen LogP contribution in [0.3, 0.4) is 0 Å². The van der Waals surface area contributed by atoms with Gasteiger partial charge < -0.3 is 15.4 Å². The predicted molar refractivity (Wildman–Crippen MR) is 121 cm³/mol. The second-order valence-electron chi connectivity index (χ2n) is 7.79. The van der Waals surface area contributed by atoms with Gasteiger partial charge in [-0.25, -0.2) is 9.97 Å². The average Bonchev–Trinajstić information content (AvgIpc) is 2.72. The summed E-state index contributed by atoms with van der Waals surface area (Å²) in [5, 5.41) is 7.16. The maximum absolute atomic E-state index is 11.9. The van der Waals surface area contributed by atoms with E-state index >= 15 is 0 Å². The van der Waals surface area contributed by atoms with Crippen LogP contribution in [0.1, 0.15) is 54.7 Å². The maximum atomic E-state index is 11.9. The van der Waals surface area contributed by atoms with Crippen LogP contribution >= 0.6 is 0 Å². The second-order valence-corrected chi connectivity index (χ2v) is 7.79. The number of rotatable bonds is 7. The van der Waals surface area contributed by atoms with Crippen LogP contribution in [0, 0.1) is 13.8 Å². The molecule has 1 aromatic heterocycles. The van der Waals surface area contributed by atoms with Gasteiger partial charge in [0.05, 0.1) is 12.6 Å². The Morgan fingerprint density at radius 1 is 1.13 bits per heavy atom. The van der Waals surface area contributed by atoms with E-state index < -0.39 is 0 Å². The molecule has 3 rings (SSSR count). The minimum Gasteiger partial charge on any atom is -0.496 e. The Kier molecular flexibility index (Phi) is 6.55. The first-order valence-electron chi connectivity index (χ1n) is 10.2. The number of benzene rings is 2. The number of carbonyl (C=O) groups is 1. The number of aromatic nitrogens is 2. The molecular formula is C24H30N4O2. The molecule has 0 spiro atoms. The Morgan fingerprint density at radius 2 is 1.90 bits per heavy atom. The van der Waals surface area contributed by atoms with Crippen LogP contribution in [0.25, 0.3) is 10.9 Å². The Balaban J connectivity index is 2.05. The number of aryl methyl sites for hydroxylation is 2. The van der Waals surface area contributed by atoms with Gasteiger partial charge in [0.25, 0.3) is 0 Å². The molecule has 0 aliphatic heterocycles. The molecule has 2 aromatic carbocycles. The molecule has 2 N–H and O–H groups in total. The monoisotopic (exact) mass is 406 g/mol. The molecule has 1 amide bonds. The lowest BCUT2D eigenvalue weighted by Gasteiger charge is -2.20. The molecule has 6 nitrogen and oxygen atoms in total. The number of hydrogen-bond donors (Lipinski definition) is 2. The molecule has 0 aliphatic carbocycles. The van der Waals surface area contributed by atoms with E-state index in [0.29, 0.717) is 12.2 Å². The molecule has 0 aliphatic rings. The number of nitrogens with zero attached hydrogens (tertiary/aromatic N) is 2. The molecule has 0 saturated carbocycles. The highest BCUT2D eigenvalue weighted by molar-refractivity contribution is 5.91. The number of nitrogens with one attached hydrogen (secondary N) is 2. The Morgan fingerprint density at radius 3 is 2.57 bits per heavy atom. The van der Waals surface area contributed by atoms with Gasteiger partial charge in [0.15, 0.2) is 0 Å². The number of anilines is 1. The third kappa shape index (κ3) is 4.70. The van der Waals surface area contributed by atoms with Crippen LogP contribution in [0.15, 0.2) is 36.4 Å². The van der Waals surface area contributed by atoms with Gasteiger partial charge in [-0.3, -0.25) is 4.79 Å². The van der Waals surface area contributed by atoms with Crippen molar-refractivity contribution >= 4 is 22.6 Å². The largest absolute Gasteiger partial charge is 0.496 e. The zero-order chi connectivity index (χ0) is 21.8. The predicted octanol–water partition coefficient (Wildman–Crippen LogP) is 4.67. The maximum Gasteiger partial charge on any atom is 0.220 e. The molecular weight excluding hydrogens is 376 g/mol. The summed E-state index contributed by atoms with van der Waals surface area (Å²) in [4.78, 5) is 21.2. The van der Waals surface area contributed by atoms with Crippen LogP contribution < -0.4 is 15.4 Å². The summed E-state index contributed by atoms with van der Waals surface area (Å²) in [7, 11) is 3.29. The fourth-order valence-corrected chi connectivity index (χ4v) is 3.68. The molecule has 1 heterocycles. The number of amides is 1. The molecule has 2 atom stereocenters. The molecule has 6 heteroatoms. The van der Waals surface area contributed by atoms with Crippen molar-refractivity contribution in [1.82, 2.24) is 15.3 Å². The molecule has 0 bridgehead atoms. The van der Waals surface area contributed by atoms with Crippen LogP contribution in [0.2, 0.25) is 0 Å². The summed E-state index contributed by atoms with van der Waals surface area (Å²) in [6, 6.07) is 12.5. The van der Waals surface area contributed by atoms with Crippen molar-refractivity contribution < 1.29 is 9.53 Å². The highest BCUT2D eigenvalue weighted by Gasteiger charge is 2.19. The van der Waals surface area contributed by atoms with Gasteiger partial charge in [-0.2, -0.15) is 0 Å². The first-order chi connectivity index (χ1) is 14.3. The minimum absolute atomic E-state index is 0.00350. The fourth-order valence-electron chi connectivity index (χ4n) is 3.68. The van der Waals surface area contributed by atoms with E-state index in [1.807, 2.05) is 26.0 Å². The van der Waals surface area contributed by atoms with Gasteiger partial charge in [-0.05, 0) is 43.9 Å². The summed E-state index contributed by atoms with van der Waals surface area (Å²) in [6.07, 6.45) is 0.382. The second kappa shape index (κ2) is 9.11. The van der Waals surface area contributed by atoms with Crippen LogP contribution in [-0.4, -0.2) is 30.0 Å². The fraction of sp³-hybridized carbons (Fsp3) is 0.375. The molecule has 0 saturated heterocycles. The zero-order valence-corrected chi connectivity index (χ0v) is 18.5. The third-order valence-corrected chi connectivity index (χ3v) is 5.36. The lowest BCUT2D eigenvalue weighted by Crippen LogP contribution is -2.19. The van der Waals surface area contributed by atoms with Crippen LogP contribution in [0.5, 0.6) is 5.75 Å². The quantitative estimate of drug-likeness (QED) is 0.596. The van der Waals surface area contributed by atoms with Crippen molar-refractivity contribution in [3.05, 3.63) is 58.9 Å². The van der Waals surface area contributed by atoms with E-state index in [0.717, 1.165) is 28.0 Å². The van der Waals surface area contributed by atoms with Gasteiger partial charge in [0.1, 0.15) is 17.4 Å². The summed E-state index contributed by atoms with van der Waals surface area (Å²) in [5.74, 6) is 2.19. The molecule has 1 unspecified atom stereocenters. The van der Waals surface area contributed by atoms with Crippen molar-refractivity contribution in [2.45, 2.75) is 46.1 Å². The highest BCUT2D eigenvalue weighted by atomic mass is 16.5. The normalized spacial score (nSPS) is 13.0. The Bertz CT molecular complexity index is 1060. The van der Waals surface area contributed by atoms with E-state index in [-0.39, 0.29) is 17.9 Å². The van der Waals surface area contributed by atoms with Crippen molar-refractivity contribution in [1.29, 1.82) is 0 Å². The van der Waals surface area contributed by atoms with Crippen molar-refractivity contribution in [3.63, 3.8) is 0 Å². The number of fused-ring (bicyclic) bond motifs is 1. The first kappa shape index (κ1) is 21.6. The van der Waals surface area contributed by atoms with Crippen LogP contribution in [0.4, 0.5) is 5.82 Å². The van der Waals surface area contributed by atoms with Gasteiger partial charge in [-0.1, -0.05) is 36.8 Å². The zero-order valence-electron chi connectivity index (χ0n) is 18.5. The lowest BCUT2D eigenvalue weighted by molar-refractivity contribution is -0.120. The summed E-state index contributed by atoms with van der Waals surface area (Å²) in [6.45, 7) is 8.12. The van der Waals surface area contributed by atoms with Crippen molar-refractivity contribution in [3.8, 4) is 5.75 Å². The highest BCUT2D eigenvalue weighted by Crippen LogP contribution is 2.35. The minimum atomic E-state index is -0.00681. The van der Waals surface area contributed by atoms with Crippen molar-refractivity contribution in [2.75, 3.05) is 19.5 Å². The standard InChI is InChI=1S/C24H30N4O2/c1-14-8-7-9-18(10-14)16(3)26-24-20-12-19(15(2)11-23(29)25-5)22(30-6)13-21(20)27-17(4)28-24/h7-10,12-13,15-16H,11H2,1-6H3,(H,25,29)(H,26,27,28)/t15?,16-/m1/s1. The van der Waals surface area contributed by atoms with Crippen molar-refractivity contribution in [2.24, 2.45) is 0 Å². The number of methoxy groups -OCH3 is 1. The summed E-state index contributed by atoms with van der Waals surface area (Å²) >= 11 is 0. The SMILES string of the molecule is CNC(=O)CC(C)c1cc2c(N[C@H](C)c3cccc(C)c3)nc(C)nc2cc1OC. The smallest absolute Gasteiger partial charge is 0.220 e. The summed E-state index contributed by atoms with van der Waals surface area (Å²) in [5.41, 5.74) is 4.20. The first-order valence-corrected chi connectivity index (χ1v) is 10.2. The van der Waals surface area contributed by atoms with Gasteiger partial charge >= 0.3 is 0 Å². The molecule has 30 heavy (non-hydrogen) atoms. The number of carbonyl (C=O) groups excluding carboxylic acids is 1. The van der Waals surface area contributed by atoms with E-state index in [2.05, 4.69) is 58.7 Å². The molecule has 0 radical (unpaired) electrons. The van der Waals surface area contributed by atoms with E-state index in [9.17, 15) is 4.79 Å². The number of ether oxygens (including phenoxy) is 1. The molecule has 0 fully saturated rings. The van der Waals surface area contributed by atoms with E-state index in [1.165, 1.54) is 11.1 Å². The molecule has 3 aromatic rings. The Hall–Kier alpha value is -3.15.